The molecule has 1 fully saturated rings. The zero-order valence-corrected chi connectivity index (χ0v) is 12.2. The van der Waals surface area contributed by atoms with Gasteiger partial charge in [-0.3, -0.25) is 9.69 Å². The summed E-state index contributed by atoms with van der Waals surface area (Å²) in [6, 6.07) is 4.24. The van der Waals surface area contributed by atoms with E-state index >= 15 is 0 Å². The van der Waals surface area contributed by atoms with Crippen molar-refractivity contribution in [1.29, 1.82) is 0 Å². The van der Waals surface area contributed by atoms with Crippen LogP contribution in [0.1, 0.15) is 17.7 Å². The van der Waals surface area contributed by atoms with Crippen LogP contribution in [0, 0.1) is 5.92 Å². The number of ether oxygens (including phenoxy) is 1. The molecule has 3 nitrogen and oxygen atoms in total. The smallest absolute Gasteiger partial charge is 0.308 e. The van der Waals surface area contributed by atoms with Gasteiger partial charge in [0, 0.05) is 11.4 Å². The summed E-state index contributed by atoms with van der Waals surface area (Å²) in [6.07, 6.45) is 1.83. The number of piperidine rings is 1. The van der Waals surface area contributed by atoms with Crippen molar-refractivity contribution in [3.8, 4) is 0 Å². The SMILES string of the molecule is COC(=O)C1CCN(Cc2ccc(Br)s2)CC1. The average molecular weight is 318 g/mol. The number of halogens is 1. The molecule has 0 aliphatic carbocycles. The summed E-state index contributed by atoms with van der Waals surface area (Å²) < 4.78 is 5.96. The maximum atomic E-state index is 11.4. The third-order valence-electron chi connectivity index (χ3n) is 3.13. The first-order chi connectivity index (χ1) is 8.19. The highest BCUT2D eigenvalue weighted by molar-refractivity contribution is 9.11. The van der Waals surface area contributed by atoms with Gasteiger partial charge in [-0.15, -0.1) is 11.3 Å². The van der Waals surface area contributed by atoms with Gasteiger partial charge in [0.2, 0.25) is 0 Å². The molecule has 0 saturated carbocycles. The van der Waals surface area contributed by atoms with Gasteiger partial charge in [-0.1, -0.05) is 0 Å². The number of carbonyl (C=O) groups excluding carboxylic acids is 1. The zero-order chi connectivity index (χ0) is 12.3. The van der Waals surface area contributed by atoms with Crippen LogP contribution >= 0.6 is 27.3 Å². The van der Waals surface area contributed by atoms with E-state index in [1.54, 1.807) is 11.3 Å². The van der Waals surface area contributed by atoms with Gasteiger partial charge in [-0.05, 0) is 54.0 Å². The molecule has 1 aliphatic heterocycles. The first kappa shape index (κ1) is 13.1. The number of hydrogen-bond acceptors (Lipinski definition) is 4. The molecule has 1 aromatic heterocycles. The van der Waals surface area contributed by atoms with Crippen molar-refractivity contribution in [2.45, 2.75) is 19.4 Å². The molecule has 17 heavy (non-hydrogen) atoms. The van der Waals surface area contributed by atoms with Gasteiger partial charge in [0.05, 0.1) is 16.8 Å². The van der Waals surface area contributed by atoms with Crippen LogP contribution in [0.25, 0.3) is 0 Å². The fraction of sp³-hybridized carbons (Fsp3) is 0.583. The Morgan fingerprint density at radius 3 is 2.76 bits per heavy atom. The molecule has 0 spiro atoms. The fourth-order valence-corrected chi connectivity index (χ4v) is 3.68. The lowest BCUT2D eigenvalue weighted by Gasteiger charge is -2.30. The van der Waals surface area contributed by atoms with Gasteiger partial charge in [0.1, 0.15) is 0 Å². The number of nitrogens with zero attached hydrogens (tertiary/aromatic N) is 1. The summed E-state index contributed by atoms with van der Waals surface area (Å²) in [5, 5.41) is 0. The number of hydrogen-bond donors (Lipinski definition) is 0. The Morgan fingerprint density at radius 1 is 1.53 bits per heavy atom. The highest BCUT2D eigenvalue weighted by Crippen LogP contribution is 2.25. The van der Waals surface area contributed by atoms with Crippen LogP contribution in [0.15, 0.2) is 15.9 Å². The molecule has 2 heterocycles. The lowest BCUT2D eigenvalue weighted by Crippen LogP contribution is -2.36. The van der Waals surface area contributed by atoms with Gasteiger partial charge in [-0.2, -0.15) is 0 Å². The molecule has 0 aromatic carbocycles. The second-order valence-corrected chi connectivity index (χ2v) is 6.83. The van der Waals surface area contributed by atoms with E-state index in [1.165, 1.54) is 15.8 Å². The van der Waals surface area contributed by atoms with Gasteiger partial charge >= 0.3 is 5.97 Å². The van der Waals surface area contributed by atoms with E-state index in [4.69, 9.17) is 4.74 Å². The summed E-state index contributed by atoms with van der Waals surface area (Å²) in [6.45, 7) is 2.95. The molecule has 1 aromatic rings. The first-order valence-electron chi connectivity index (χ1n) is 5.73. The minimum atomic E-state index is -0.0523. The van der Waals surface area contributed by atoms with Crippen molar-refractivity contribution < 1.29 is 9.53 Å². The van der Waals surface area contributed by atoms with Crippen molar-refractivity contribution in [3.05, 3.63) is 20.8 Å². The summed E-state index contributed by atoms with van der Waals surface area (Å²) in [7, 11) is 1.47. The molecule has 0 radical (unpaired) electrons. The van der Waals surface area contributed by atoms with Gasteiger partial charge < -0.3 is 4.74 Å². The topological polar surface area (TPSA) is 29.5 Å². The second-order valence-electron chi connectivity index (χ2n) is 4.28. The molecule has 0 atom stereocenters. The van der Waals surface area contributed by atoms with Crippen molar-refractivity contribution in [3.63, 3.8) is 0 Å². The second kappa shape index (κ2) is 5.98. The summed E-state index contributed by atoms with van der Waals surface area (Å²) >= 11 is 5.25. The lowest BCUT2D eigenvalue weighted by molar-refractivity contribution is -0.147. The maximum absolute atomic E-state index is 11.4. The van der Waals surface area contributed by atoms with E-state index in [1.807, 2.05) is 0 Å². The number of carbonyl (C=O) groups is 1. The Kier molecular flexibility index (Phi) is 4.59. The van der Waals surface area contributed by atoms with E-state index < -0.39 is 0 Å². The quantitative estimate of drug-likeness (QED) is 0.803. The number of rotatable bonds is 3. The molecule has 5 heteroatoms. The van der Waals surface area contributed by atoms with E-state index in [-0.39, 0.29) is 11.9 Å². The predicted octanol–water partition coefficient (Wildman–Crippen LogP) is 2.90. The molecular formula is C12H16BrNO2S. The van der Waals surface area contributed by atoms with Gasteiger partial charge in [0.25, 0.3) is 0 Å². The third-order valence-corrected chi connectivity index (χ3v) is 4.74. The van der Waals surface area contributed by atoms with E-state index in [9.17, 15) is 4.79 Å². The van der Waals surface area contributed by atoms with Crippen LogP contribution in [-0.2, 0) is 16.1 Å². The van der Waals surface area contributed by atoms with Crippen LogP contribution < -0.4 is 0 Å². The Balaban J connectivity index is 1.81. The maximum Gasteiger partial charge on any atom is 0.308 e. The number of esters is 1. The van der Waals surface area contributed by atoms with Crippen LogP contribution in [0.4, 0.5) is 0 Å². The largest absolute Gasteiger partial charge is 0.469 e. The van der Waals surface area contributed by atoms with Crippen molar-refractivity contribution >= 4 is 33.2 Å². The molecule has 1 saturated heterocycles. The minimum absolute atomic E-state index is 0.0523. The zero-order valence-electron chi connectivity index (χ0n) is 9.82. The summed E-state index contributed by atoms with van der Waals surface area (Å²) in [5.74, 6) is 0.0508. The Labute approximate surface area is 114 Å². The van der Waals surface area contributed by atoms with E-state index in [2.05, 4.69) is 33.0 Å². The van der Waals surface area contributed by atoms with Crippen molar-refractivity contribution in [2.75, 3.05) is 20.2 Å². The molecule has 0 N–H and O–H groups in total. The summed E-state index contributed by atoms with van der Waals surface area (Å²) in [5.41, 5.74) is 0. The molecule has 0 bridgehead atoms. The van der Waals surface area contributed by atoms with E-state index in [0.717, 1.165) is 32.5 Å². The molecule has 0 unspecified atom stereocenters. The number of likely N-dealkylation sites (tertiary alicyclic amines) is 1. The highest BCUT2D eigenvalue weighted by Gasteiger charge is 2.25. The van der Waals surface area contributed by atoms with Gasteiger partial charge in [-0.25, -0.2) is 0 Å². The third kappa shape index (κ3) is 3.53. The Hall–Kier alpha value is -0.390. The lowest BCUT2D eigenvalue weighted by atomic mass is 9.97. The van der Waals surface area contributed by atoms with E-state index in [0.29, 0.717) is 0 Å². The first-order valence-corrected chi connectivity index (χ1v) is 7.34. The Morgan fingerprint density at radius 2 is 2.24 bits per heavy atom. The Bertz CT molecular complexity index is 386. The molecule has 94 valence electrons. The van der Waals surface area contributed by atoms with Gasteiger partial charge in [0.15, 0.2) is 0 Å². The van der Waals surface area contributed by atoms with Crippen LogP contribution in [0.2, 0.25) is 0 Å². The van der Waals surface area contributed by atoms with Crippen LogP contribution in [0.5, 0.6) is 0 Å². The normalized spacial score (nSPS) is 18.2. The van der Waals surface area contributed by atoms with Crippen LogP contribution in [0.3, 0.4) is 0 Å². The fourth-order valence-electron chi connectivity index (χ4n) is 2.15. The standard InChI is InChI=1S/C12H16BrNO2S/c1-16-12(15)9-4-6-14(7-5-9)8-10-2-3-11(13)17-10/h2-3,9H,4-8H2,1H3. The number of thiophene rings is 1. The molecular weight excluding hydrogens is 302 g/mol. The highest BCUT2D eigenvalue weighted by atomic mass is 79.9. The minimum Gasteiger partial charge on any atom is -0.469 e. The molecule has 1 aliphatic rings. The predicted molar refractivity (Wildman–Crippen MR) is 72.0 cm³/mol. The summed E-state index contributed by atoms with van der Waals surface area (Å²) in [4.78, 5) is 15.2. The van der Waals surface area contributed by atoms with Crippen LogP contribution in [-0.4, -0.2) is 31.1 Å². The molecule has 2 rings (SSSR count). The molecule has 0 amide bonds. The number of methoxy groups -OCH3 is 1. The van der Waals surface area contributed by atoms with Crippen molar-refractivity contribution in [1.82, 2.24) is 4.90 Å². The average Bonchev–Trinajstić information content (AvgIpc) is 2.75. The monoisotopic (exact) mass is 317 g/mol. The van der Waals surface area contributed by atoms with Crippen molar-refractivity contribution in [2.24, 2.45) is 5.92 Å².